The molecular weight excluding hydrogens is 434 g/mol. The SMILES string of the molecule is Cc1sc(-c2ccc(Cl)c(Br)c2)nc1-c1ccc(Br)cc1. The van der Waals surface area contributed by atoms with Crippen molar-refractivity contribution in [1.82, 2.24) is 4.98 Å². The summed E-state index contributed by atoms with van der Waals surface area (Å²) < 4.78 is 1.96. The molecule has 0 amide bonds. The Bertz CT molecular complexity index is 797. The number of aromatic nitrogens is 1. The first-order valence-corrected chi connectivity index (χ1v) is 9.01. The maximum atomic E-state index is 6.05. The highest BCUT2D eigenvalue weighted by atomic mass is 79.9. The van der Waals surface area contributed by atoms with Gasteiger partial charge in [0.15, 0.2) is 0 Å². The number of aryl methyl sites for hydroxylation is 1. The minimum atomic E-state index is 0.708. The quantitative estimate of drug-likeness (QED) is 0.417. The van der Waals surface area contributed by atoms with Gasteiger partial charge in [-0.2, -0.15) is 0 Å². The topological polar surface area (TPSA) is 12.9 Å². The van der Waals surface area contributed by atoms with Gasteiger partial charge < -0.3 is 0 Å². The Kier molecular flexibility index (Phi) is 4.50. The molecule has 0 radical (unpaired) electrons. The van der Waals surface area contributed by atoms with Crippen LogP contribution in [0.1, 0.15) is 4.88 Å². The normalized spacial score (nSPS) is 10.9. The second-order valence-corrected chi connectivity index (χ2v) is 7.94. The average molecular weight is 444 g/mol. The van der Waals surface area contributed by atoms with Gasteiger partial charge in [0.25, 0.3) is 0 Å². The van der Waals surface area contributed by atoms with Gasteiger partial charge in [0.2, 0.25) is 0 Å². The Morgan fingerprint density at radius 1 is 1.00 bits per heavy atom. The third-order valence-corrected chi connectivity index (χ3v) is 5.84. The summed E-state index contributed by atoms with van der Waals surface area (Å²) in [5.41, 5.74) is 3.24. The monoisotopic (exact) mass is 441 g/mol. The Balaban J connectivity index is 2.04. The van der Waals surface area contributed by atoms with Gasteiger partial charge in [0.05, 0.1) is 10.7 Å². The molecule has 106 valence electrons. The number of rotatable bonds is 2. The molecule has 1 nitrogen and oxygen atoms in total. The van der Waals surface area contributed by atoms with Crippen LogP contribution in [0.25, 0.3) is 21.8 Å². The van der Waals surface area contributed by atoms with Gasteiger partial charge in [-0.15, -0.1) is 11.3 Å². The van der Waals surface area contributed by atoms with Crippen molar-refractivity contribution in [2.45, 2.75) is 6.92 Å². The van der Waals surface area contributed by atoms with Crippen molar-refractivity contribution in [1.29, 1.82) is 0 Å². The summed E-state index contributed by atoms with van der Waals surface area (Å²) in [6, 6.07) is 14.1. The lowest BCUT2D eigenvalue weighted by molar-refractivity contribution is 1.37. The molecule has 0 aliphatic rings. The molecule has 2 aromatic carbocycles. The highest BCUT2D eigenvalue weighted by molar-refractivity contribution is 9.10. The molecule has 3 aromatic rings. The van der Waals surface area contributed by atoms with Gasteiger partial charge in [-0.1, -0.05) is 45.7 Å². The molecular formula is C16H10Br2ClNS. The van der Waals surface area contributed by atoms with Crippen LogP contribution in [0, 0.1) is 6.92 Å². The van der Waals surface area contributed by atoms with Crippen molar-refractivity contribution in [3.63, 3.8) is 0 Å². The maximum absolute atomic E-state index is 6.05. The summed E-state index contributed by atoms with van der Waals surface area (Å²) in [7, 11) is 0. The van der Waals surface area contributed by atoms with E-state index in [0.717, 1.165) is 30.8 Å². The minimum Gasteiger partial charge on any atom is -0.236 e. The molecule has 0 aliphatic heterocycles. The molecule has 0 aliphatic carbocycles. The number of hydrogen-bond donors (Lipinski definition) is 0. The third-order valence-electron chi connectivity index (χ3n) is 3.08. The predicted octanol–water partition coefficient (Wildman–Crippen LogP) is 6.96. The fourth-order valence-corrected chi connectivity index (χ4v) is 3.72. The number of benzene rings is 2. The highest BCUT2D eigenvalue weighted by Gasteiger charge is 2.12. The van der Waals surface area contributed by atoms with Crippen LogP contribution in [0.2, 0.25) is 5.02 Å². The third kappa shape index (κ3) is 3.24. The fourth-order valence-electron chi connectivity index (χ4n) is 2.02. The molecule has 0 saturated carbocycles. The molecule has 3 rings (SSSR count). The van der Waals surface area contributed by atoms with Crippen molar-refractivity contribution in [3.8, 4) is 21.8 Å². The number of hydrogen-bond acceptors (Lipinski definition) is 2. The van der Waals surface area contributed by atoms with Crippen molar-refractivity contribution < 1.29 is 0 Å². The minimum absolute atomic E-state index is 0.708. The first-order chi connectivity index (χ1) is 10.0. The van der Waals surface area contributed by atoms with Gasteiger partial charge >= 0.3 is 0 Å². The largest absolute Gasteiger partial charge is 0.236 e. The first-order valence-electron chi connectivity index (χ1n) is 6.23. The van der Waals surface area contributed by atoms with Gasteiger partial charge in [0.1, 0.15) is 5.01 Å². The van der Waals surface area contributed by atoms with E-state index in [1.54, 1.807) is 11.3 Å². The van der Waals surface area contributed by atoms with Gasteiger partial charge in [0, 0.05) is 24.9 Å². The lowest BCUT2D eigenvalue weighted by Crippen LogP contribution is -1.81. The zero-order valence-corrected chi connectivity index (χ0v) is 15.8. The predicted molar refractivity (Wildman–Crippen MR) is 98.1 cm³/mol. The van der Waals surface area contributed by atoms with E-state index >= 15 is 0 Å². The van der Waals surface area contributed by atoms with Crippen LogP contribution in [0.3, 0.4) is 0 Å². The smallest absolute Gasteiger partial charge is 0.124 e. The van der Waals surface area contributed by atoms with E-state index in [9.17, 15) is 0 Å². The molecule has 0 saturated heterocycles. The van der Waals surface area contributed by atoms with Crippen LogP contribution in [0.15, 0.2) is 51.4 Å². The molecule has 0 bridgehead atoms. The van der Waals surface area contributed by atoms with Gasteiger partial charge in [-0.25, -0.2) is 4.98 Å². The number of thiazole rings is 1. The van der Waals surface area contributed by atoms with Gasteiger partial charge in [-0.05, 0) is 47.1 Å². The van der Waals surface area contributed by atoms with Crippen LogP contribution >= 0.6 is 54.8 Å². The zero-order valence-electron chi connectivity index (χ0n) is 11.0. The van der Waals surface area contributed by atoms with Crippen molar-refractivity contribution >= 4 is 54.8 Å². The van der Waals surface area contributed by atoms with Crippen LogP contribution in [-0.4, -0.2) is 4.98 Å². The molecule has 0 unspecified atom stereocenters. The van der Waals surface area contributed by atoms with Crippen molar-refractivity contribution in [3.05, 3.63) is 61.3 Å². The summed E-state index contributed by atoms with van der Waals surface area (Å²) in [4.78, 5) is 6.00. The van der Waals surface area contributed by atoms with Crippen molar-refractivity contribution in [2.75, 3.05) is 0 Å². The standard InChI is InChI=1S/C16H10Br2ClNS/c1-9-15(10-2-5-12(17)6-3-10)20-16(21-9)11-4-7-14(19)13(18)8-11/h2-8H,1H3. The molecule has 0 atom stereocenters. The van der Waals surface area contributed by atoms with Crippen molar-refractivity contribution in [2.24, 2.45) is 0 Å². The molecule has 0 spiro atoms. The number of halogens is 3. The Morgan fingerprint density at radius 3 is 2.33 bits per heavy atom. The van der Waals surface area contributed by atoms with Crippen LogP contribution < -0.4 is 0 Å². The summed E-state index contributed by atoms with van der Waals surface area (Å²) in [5.74, 6) is 0. The van der Waals surface area contributed by atoms with E-state index in [0.29, 0.717) is 5.02 Å². The summed E-state index contributed by atoms with van der Waals surface area (Å²) >= 11 is 14.7. The van der Waals surface area contributed by atoms with E-state index in [-0.39, 0.29) is 0 Å². The van der Waals surface area contributed by atoms with E-state index < -0.39 is 0 Å². The Morgan fingerprint density at radius 2 is 1.67 bits per heavy atom. The summed E-state index contributed by atoms with van der Waals surface area (Å²) in [6.07, 6.45) is 0. The lowest BCUT2D eigenvalue weighted by Gasteiger charge is -2.00. The van der Waals surface area contributed by atoms with E-state index in [1.807, 2.05) is 30.3 Å². The molecule has 21 heavy (non-hydrogen) atoms. The summed E-state index contributed by atoms with van der Waals surface area (Å²) in [6.45, 7) is 2.10. The van der Waals surface area contributed by atoms with Crippen LogP contribution in [0.5, 0.6) is 0 Å². The van der Waals surface area contributed by atoms with E-state index in [2.05, 4.69) is 50.9 Å². The Labute approximate surface area is 149 Å². The highest BCUT2D eigenvalue weighted by Crippen LogP contribution is 2.35. The molecule has 1 heterocycles. The Hall–Kier alpha value is -0.680. The molecule has 5 heteroatoms. The maximum Gasteiger partial charge on any atom is 0.124 e. The summed E-state index contributed by atoms with van der Waals surface area (Å²) in [5, 5.41) is 1.71. The van der Waals surface area contributed by atoms with Gasteiger partial charge in [-0.3, -0.25) is 0 Å². The van der Waals surface area contributed by atoms with E-state index in [4.69, 9.17) is 16.6 Å². The van der Waals surface area contributed by atoms with E-state index in [1.165, 1.54) is 4.88 Å². The first kappa shape index (κ1) is 15.2. The molecule has 0 N–H and O–H groups in total. The average Bonchev–Trinajstić information content (AvgIpc) is 2.85. The fraction of sp³-hybridized carbons (Fsp3) is 0.0625. The molecule has 1 aromatic heterocycles. The van der Waals surface area contributed by atoms with Crippen LogP contribution in [0.4, 0.5) is 0 Å². The zero-order chi connectivity index (χ0) is 15.0. The second kappa shape index (κ2) is 6.21. The number of nitrogens with zero attached hydrogens (tertiary/aromatic N) is 1. The molecule has 0 fully saturated rings. The second-order valence-electron chi connectivity index (χ2n) is 4.56. The lowest BCUT2D eigenvalue weighted by atomic mass is 10.1. The van der Waals surface area contributed by atoms with Crippen LogP contribution in [-0.2, 0) is 0 Å².